The number of nitrogens with one attached hydrogen (secondary N) is 1. The number of carbonyl (C=O) groups excluding carboxylic acids is 2. The van der Waals surface area contributed by atoms with Gasteiger partial charge in [0.15, 0.2) is 11.5 Å². The molecule has 33 heavy (non-hydrogen) atoms. The van der Waals surface area contributed by atoms with Crippen molar-refractivity contribution in [2.75, 3.05) is 33.7 Å². The van der Waals surface area contributed by atoms with Crippen molar-refractivity contribution in [2.24, 2.45) is 0 Å². The molecule has 3 aromatic rings. The number of anilines is 1. The predicted octanol–water partition coefficient (Wildman–Crippen LogP) is 4.26. The van der Waals surface area contributed by atoms with E-state index in [1.807, 2.05) is 42.5 Å². The maximum Gasteiger partial charge on any atom is 0.254 e. The van der Waals surface area contributed by atoms with Gasteiger partial charge in [0.2, 0.25) is 5.91 Å². The van der Waals surface area contributed by atoms with Gasteiger partial charge in [-0.15, -0.1) is 0 Å². The average Bonchev–Trinajstić information content (AvgIpc) is 2.86. The van der Waals surface area contributed by atoms with E-state index in [9.17, 15) is 9.59 Å². The number of fused-ring (bicyclic) bond motifs is 1. The van der Waals surface area contributed by atoms with Crippen LogP contribution in [0.5, 0.6) is 17.2 Å². The number of nitrogens with zero attached hydrogens (tertiary/aromatic N) is 1. The van der Waals surface area contributed by atoms with Crippen molar-refractivity contribution >= 4 is 17.5 Å². The summed E-state index contributed by atoms with van der Waals surface area (Å²) in [7, 11) is 6.42. The lowest BCUT2D eigenvalue weighted by molar-refractivity contribution is -0.119. The summed E-state index contributed by atoms with van der Waals surface area (Å²) in [4.78, 5) is 28.5. The van der Waals surface area contributed by atoms with Crippen molar-refractivity contribution in [2.45, 2.75) is 12.0 Å². The molecule has 4 rings (SSSR count). The first-order chi connectivity index (χ1) is 16.0. The summed E-state index contributed by atoms with van der Waals surface area (Å²) >= 11 is 0. The van der Waals surface area contributed by atoms with Crippen LogP contribution >= 0.6 is 0 Å². The van der Waals surface area contributed by atoms with E-state index < -0.39 is 12.0 Å². The number of ether oxygens (including phenoxy) is 3. The lowest BCUT2D eigenvalue weighted by Gasteiger charge is -2.39. The fourth-order valence-electron chi connectivity index (χ4n) is 4.31. The van der Waals surface area contributed by atoms with E-state index in [-0.39, 0.29) is 11.8 Å². The molecule has 7 heteroatoms. The Morgan fingerprint density at radius 1 is 0.879 bits per heavy atom. The number of hydrogen-bond donors (Lipinski definition) is 1. The van der Waals surface area contributed by atoms with Crippen LogP contribution in [0.2, 0.25) is 0 Å². The molecule has 0 aromatic heterocycles. The average molecular weight is 447 g/mol. The Bertz CT molecular complexity index is 1180. The van der Waals surface area contributed by atoms with E-state index in [1.54, 1.807) is 57.5 Å². The number of benzene rings is 3. The van der Waals surface area contributed by atoms with Crippen LogP contribution in [0.4, 0.5) is 5.69 Å². The van der Waals surface area contributed by atoms with Gasteiger partial charge in [-0.3, -0.25) is 9.59 Å². The van der Waals surface area contributed by atoms with Crippen molar-refractivity contribution in [1.82, 2.24) is 4.90 Å². The normalized spacial score (nSPS) is 17.2. The summed E-state index contributed by atoms with van der Waals surface area (Å²) in [5.74, 6) is 0.815. The molecule has 0 fully saturated rings. The summed E-state index contributed by atoms with van der Waals surface area (Å²) < 4.78 is 15.9. The largest absolute Gasteiger partial charge is 0.497 e. The van der Waals surface area contributed by atoms with E-state index in [4.69, 9.17) is 14.2 Å². The van der Waals surface area contributed by atoms with Crippen LogP contribution in [0, 0.1) is 0 Å². The highest BCUT2D eigenvalue weighted by atomic mass is 16.5. The molecule has 0 radical (unpaired) electrons. The summed E-state index contributed by atoms with van der Waals surface area (Å²) in [6, 6.07) is 19.4. The van der Waals surface area contributed by atoms with Crippen LogP contribution in [-0.4, -0.2) is 45.1 Å². The number of hydrogen-bond acceptors (Lipinski definition) is 5. The Morgan fingerprint density at radius 2 is 1.58 bits per heavy atom. The van der Waals surface area contributed by atoms with Crippen molar-refractivity contribution in [3.05, 3.63) is 83.4 Å². The van der Waals surface area contributed by atoms with E-state index in [1.165, 1.54) is 0 Å². The molecule has 2 atom stereocenters. The van der Waals surface area contributed by atoms with Crippen LogP contribution < -0.4 is 19.5 Å². The second-order valence-corrected chi connectivity index (χ2v) is 7.76. The fraction of sp³-hybridized carbons (Fsp3) is 0.231. The van der Waals surface area contributed by atoms with E-state index in [2.05, 4.69) is 5.32 Å². The monoisotopic (exact) mass is 446 g/mol. The third-order valence-corrected chi connectivity index (χ3v) is 5.97. The topological polar surface area (TPSA) is 77.1 Å². The van der Waals surface area contributed by atoms with Gasteiger partial charge in [-0.2, -0.15) is 0 Å². The number of rotatable bonds is 6. The SMILES string of the molecule is COc1ccc([C@H]2[C@@H](C(=O)Nc3ccc(OC)c(OC)c3)c3ccccc3C(=O)N2C)cc1. The smallest absolute Gasteiger partial charge is 0.254 e. The number of carbonyl (C=O) groups is 2. The van der Waals surface area contributed by atoms with Gasteiger partial charge < -0.3 is 24.4 Å². The lowest BCUT2D eigenvalue weighted by Crippen LogP contribution is -2.44. The highest BCUT2D eigenvalue weighted by Crippen LogP contribution is 2.43. The summed E-state index contributed by atoms with van der Waals surface area (Å²) in [5, 5.41) is 3.00. The molecule has 0 aliphatic carbocycles. The third kappa shape index (κ3) is 4.09. The van der Waals surface area contributed by atoms with Gasteiger partial charge in [0.05, 0.1) is 33.3 Å². The molecular weight excluding hydrogens is 420 g/mol. The number of amides is 2. The minimum absolute atomic E-state index is 0.124. The van der Waals surface area contributed by atoms with Gasteiger partial charge in [0.25, 0.3) is 5.91 Å². The molecule has 0 bridgehead atoms. The molecular formula is C26H26N2O5. The standard InChI is InChI=1S/C26H26N2O5/c1-28-24(16-9-12-18(31-2)13-10-16)23(19-7-5-6-8-20(19)26(28)30)25(29)27-17-11-14-21(32-3)22(15-17)33-4/h5-15,23-24H,1-4H3,(H,27,29)/t23-,24-/m0/s1. The molecule has 2 amide bonds. The third-order valence-electron chi connectivity index (χ3n) is 5.97. The zero-order chi connectivity index (χ0) is 23.5. The number of likely N-dealkylation sites (N-methyl/N-ethyl adjacent to an activating group) is 1. The first-order valence-electron chi connectivity index (χ1n) is 10.5. The molecule has 0 saturated carbocycles. The molecule has 170 valence electrons. The first kappa shape index (κ1) is 22.2. The number of methoxy groups -OCH3 is 3. The molecule has 1 aliphatic heterocycles. The van der Waals surface area contributed by atoms with Crippen molar-refractivity contribution in [3.63, 3.8) is 0 Å². The van der Waals surface area contributed by atoms with E-state index in [0.717, 1.165) is 5.56 Å². The minimum atomic E-state index is -0.620. The second-order valence-electron chi connectivity index (χ2n) is 7.76. The Kier molecular flexibility index (Phi) is 6.22. The van der Waals surface area contributed by atoms with E-state index >= 15 is 0 Å². The van der Waals surface area contributed by atoms with Crippen LogP contribution in [0.1, 0.15) is 33.4 Å². The highest BCUT2D eigenvalue weighted by molar-refractivity contribution is 6.04. The second kappa shape index (κ2) is 9.24. The summed E-state index contributed by atoms with van der Waals surface area (Å²) in [5.41, 5.74) is 2.63. The summed E-state index contributed by atoms with van der Waals surface area (Å²) in [6.45, 7) is 0. The van der Waals surface area contributed by atoms with Gasteiger partial charge in [-0.1, -0.05) is 30.3 Å². The fourth-order valence-corrected chi connectivity index (χ4v) is 4.31. The first-order valence-corrected chi connectivity index (χ1v) is 10.5. The molecule has 1 aliphatic rings. The van der Waals surface area contributed by atoms with Gasteiger partial charge in [0.1, 0.15) is 5.75 Å². The highest BCUT2D eigenvalue weighted by Gasteiger charge is 2.42. The Labute approximate surface area is 192 Å². The summed E-state index contributed by atoms with van der Waals surface area (Å²) in [6.07, 6.45) is 0. The van der Waals surface area contributed by atoms with Crippen LogP contribution in [-0.2, 0) is 4.79 Å². The molecule has 0 saturated heterocycles. The lowest BCUT2D eigenvalue weighted by atomic mass is 9.79. The zero-order valence-electron chi connectivity index (χ0n) is 19.0. The van der Waals surface area contributed by atoms with Gasteiger partial charge in [-0.25, -0.2) is 0 Å². The zero-order valence-corrected chi connectivity index (χ0v) is 19.0. The Balaban J connectivity index is 1.76. The van der Waals surface area contributed by atoms with Crippen molar-refractivity contribution in [3.8, 4) is 17.2 Å². The molecule has 1 N–H and O–H groups in total. The predicted molar refractivity (Wildman–Crippen MR) is 125 cm³/mol. The Morgan fingerprint density at radius 3 is 2.24 bits per heavy atom. The minimum Gasteiger partial charge on any atom is -0.497 e. The molecule has 0 unspecified atom stereocenters. The van der Waals surface area contributed by atoms with Crippen LogP contribution in [0.15, 0.2) is 66.7 Å². The molecule has 3 aromatic carbocycles. The van der Waals surface area contributed by atoms with Crippen LogP contribution in [0.3, 0.4) is 0 Å². The van der Waals surface area contributed by atoms with Crippen LogP contribution in [0.25, 0.3) is 0 Å². The Hall–Kier alpha value is -4.00. The molecule has 1 heterocycles. The van der Waals surface area contributed by atoms with E-state index in [0.29, 0.717) is 34.1 Å². The van der Waals surface area contributed by atoms with Gasteiger partial charge >= 0.3 is 0 Å². The maximum atomic E-state index is 13.7. The molecule has 0 spiro atoms. The maximum absolute atomic E-state index is 13.7. The van der Waals surface area contributed by atoms with Gasteiger partial charge in [-0.05, 0) is 41.5 Å². The quantitative estimate of drug-likeness (QED) is 0.612. The van der Waals surface area contributed by atoms with Gasteiger partial charge in [0, 0.05) is 24.4 Å². The molecule has 7 nitrogen and oxygen atoms in total. The van der Waals surface area contributed by atoms with Crippen molar-refractivity contribution < 1.29 is 23.8 Å². The van der Waals surface area contributed by atoms with Crippen molar-refractivity contribution in [1.29, 1.82) is 0 Å².